The molecule has 0 radical (unpaired) electrons. The third-order valence-corrected chi connectivity index (χ3v) is 2.99. The average molecular weight is 270 g/mol. The van der Waals surface area contributed by atoms with Crippen LogP contribution < -0.4 is 10.2 Å². The molecule has 2 rings (SSSR count). The van der Waals surface area contributed by atoms with Crippen LogP contribution in [0.2, 0.25) is 0 Å². The van der Waals surface area contributed by atoms with Gasteiger partial charge in [0.05, 0.1) is 0 Å². The molecule has 2 aromatic carbocycles. The summed E-state index contributed by atoms with van der Waals surface area (Å²) < 4.78 is 0. The van der Waals surface area contributed by atoms with Gasteiger partial charge in [-0.05, 0) is 35.9 Å². The van der Waals surface area contributed by atoms with Crippen LogP contribution >= 0.6 is 0 Å². The fourth-order valence-corrected chi connectivity index (χ4v) is 1.88. The molecule has 0 unspecified atom stereocenters. The molecule has 0 aliphatic heterocycles. The second-order valence-electron chi connectivity index (χ2n) is 4.80. The van der Waals surface area contributed by atoms with Crippen molar-refractivity contribution in [1.29, 1.82) is 0 Å². The van der Waals surface area contributed by atoms with Gasteiger partial charge >= 0.3 is 0 Å². The third-order valence-electron chi connectivity index (χ3n) is 2.99. The summed E-state index contributed by atoms with van der Waals surface area (Å²) in [6, 6.07) is 14.3. The first-order valence-electron chi connectivity index (χ1n) is 6.40. The number of phenolic OH excluding ortho intramolecular Hbond substituents is 1. The Labute approximate surface area is 118 Å². The van der Waals surface area contributed by atoms with Crippen molar-refractivity contribution in [3.8, 4) is 5.75 Å². The number of nitrogens with one attached hydrogen (secondary N) is 1. The van der Waals surface area contributed by atoms with E-state index in [9.17, 15) is 9.90 Å². The van der Waals surface area contributed by atoms with Crippen LogP contribution in [-0.2, 0) is 6.54 Å². The second kappa shape index (κ2) is 6.10. The Balaban J connectivity index is 2.02. The Bertz CT molecular complexity index is 609. The molecule has 0 aromatic heterocycles. The number of phenols is 1. The zero-order valence-corrected chi connectivity index (χ0v) is 11.6. The number of aromatic hydroxyl groups is 1. The van der Waals surface area contributed by atoms with E-state index in [1.54, 1.807) is 12.1 Å². The fraction of sp³-hybridized carbons (Fsp3) is 0.188. The van der Waals surface area contributed by atoms with Crippen molar-refractivity contribution in [2.24, 2.45) is 0 Å². The van der Waals surface area contributed by atoms with E-state index in [2.05, 4.69) is 5.32 Å². The monoisotopic (exact) mass is 270 g/mol. The van der Waals surface area contributed by atoms with E-state index in [4.69, 9.17) is 0 Å². The van der Waals surface area contributed by atoms with E-state index in [0.717, 1.165) is 11.3 Å². The molecule has 0 aliphatic rings. The normalized spacial score (nSPS) is 10.1. The van der Waals surface area contributed by atoms with Gasteiger partial charge in [-0.2, -0.15) is 0 Å². The van der Waals surface area contributed by atoms with Crippen molar-refractivity contribution < 1.29 is 9.90 Å². The maximum atomic E-state index is 12.0. The molecule has 2 aromatic rings. The first-order valence-corrected chi connectivity index (χ1v) is 6.40. The topological polar surface area (TPSA) is 52.6 Å². The van der Waals surface area contributed by atoms with Crippen LogP contribution in [0.4, 0.5) is 5.69 Å². The number of rotatable bonds is 4. The predicted molar refractivity (Wildman–Crippen MR) is 80.0 cm³/mol. The second-order valence-corrected chi connectivity index (χ2v) is 4.80. The molecule has 0 bridgehead atoms. The molecular weight excluding hydrogens is 252 g/mol. The predicted octanol–water partition coefficient (Wildman–Crippen LogP) is 2.39. The Morgan fingerprint density at radius 3 is 2.60 bits per heavy atom. The van der Waals surface area contributed by atoms with Crippen molar-refractivity contribution in [3.05, 3.63) is 59.7 Å². The number of carbonyl (C=O) groups is 1. The Kier molecular flexibility index (Phi) is 4.25. The lowest BCUT2D eigenvalue weighted by Crippen LogP contribution is -2.22. The quantitative estimate of drug-likeness (QED) is 0.897. The average Bonchev–Trinajstić information content (AvgIpc) is 2.45. The molecule has 1 amide bonds. The molecular formula is C16H18N2O2. The van der Waals surface area contributed by atoms with E-state index in [-0.39, 0.29) is 11.7 Å². The van der Waals surface area contributed by atoms with Gasteiger partial charge in [0.1, 0.15) is 5.75 Å². The molecule has 0 fully saturated rings. The maximum absolute atomic E-state index is 12.0. The Morgan fingerprint density at radius 1 is 1.15 bits per heavy atom. The summed E-state index contributed by atoms with van der Waals surface area (Å²) >= 11 is 0. The van der Waals surface area contributed by atoms with Crippen molar-refractivity contribution in [2.45, 2.75) is 6.54 Å². The molecule has 0 atom stereocenters. The van der Waals surface area contributed by atoms with Crippen LogP contribution in [-0.4, -0.2) is 25.1 Å². The molecule has 104 valence electrons. The van der Waals surface area contributed by atoms with E-state index < -0.39 is 0 Å². The highest BCUT2D eigenvalue weighted by molar-refractivity contribution is 5.94. The first-order chi connectivity index (χ1) is 9.56. The molecule has 20 heavy (non-hydrogen) atoms. The lowest BCUT2D eigenvalue weighted by atomic mass is 10.1. The summed E-state index contributed by atoms with van der Waals surface area (Å²) in [5, 5.41) is 12.2. The number of anilines is 1. The van der Waals surface area contributed by atoms with Crippen LogP contribution in [0.1, 0.15) is 15.9 Å². The summed E-state index contributed by atoms with van der Waals surface area (Å²) in [5.41, 5.74) is 2.58. The largest absolute Gasteiger partial charge is 0.508 e. The Morgan fingerprint density at radius 2 is 1.90 bits per heavy atom. The summed E-state index contributed by atoms with van der Waals surface area (Å²) in [4.78, 5) is 14.0. The summed E-state index contributed by atoms with van der Waals surface area (Å²) in [5.74, 6) is -0.108. The molecule has 0 spiro atoms. The minimum Gasteiger partial charge on any atom is -0.508 e. The SMILES string of the molecule is CN(C)c1cccc(CNC(=O)c2cccc(O)c2)c1. The van der Waals surface area contributed by atoms with Gasteiger partial charge in [-0.1, -0.05) is 18.2 Å². The molecule has 2 N–H and O–H groups in total. The molecule has 0 aliphatic carbocycles. The fourth-order valence-electron chi connectivity index (χ4n) is 1.88. The van der Waals surface area contributed by atoms with Gasteiger partial charge in [-0.25, -0.2) is 0 Å². The van der Waals surface area contributed by atoms with Gasteiger partial charge in [0, 0.05) is 31.9 Å². The van der Waals surface area contributed by atoms with Crippen molar-refractivity contribution in [2.75, 3.05) is 19.0 Å². The molecule has 0 heterocycles. The summed E-state index contributed by atoms with van der Waals surface area (Å²) in [6.07, 6.45) is 0. The van der Waals surface area contributed by atoms with Crippen molar-refractivity contribution >= 4 is 11.6 Å². The van der Waals surface area contributed by atoms with Crippen LogP contribution in [0, 0.1) is 0 Å². The van der Waals surface area contributed by atoms with Gasteiger partial charge in [0.2, 0.25) is 0 Å². The van der Waals surface area contributed by atoms with Gasteiger partial charge in [-0.15, -0.1) is 0 Å². The number of hydrogen-bond acceptors (Lipinski definition) is 3. The third kappa shape index (κ3) is 3.51. The van der Waals surface area contributed by atoms with Crippen molar-refractivity contribution in [1.82, 2.24) is 5.32 Å². The first kappa shape index (κ1) is 13.9. The van der Waals surface area contributed by atoms with Crippen LogP contribution in [0.15, 0.2) is 48.5 Å². The van der Waals surface area contributed by atoms with Crippen LogP contribution in [0.3, 0.4) is 0 Å². The standard InChI is InChI=1S/C16H18N2O2/c1-18(2)14-7-3-5-12(9-14)11-17-16(20)13-6-4-8-15(19)10-13/h3-10,19H,11H2,1-2H3,(H,17,20). The highest BCUT2D eigenvalue weighted by Gasteiger charge is 2.06. The zero-order valence-electron chi connectivity index (χ0n) is 11.6. The number of hydrogen-bond donors (Lipinski definition) is 2. The van der Waals surface area contributed by atoms with Crippen LogP contribution in [0.25, 0.3) is 0 Å². The number of carbonyl (C=O) groups excluding carboxylic acids is 1. The molecule has 4 nitrogen and oxygen atoms in total. The molecule has 0 saturated carbocycles. The Hall–Kier alpha value is -2.49. The smallest absolute Gasteiger partial charge is 0.251 e. The number of amides is 1. The highest BCUT2D eigenvalue weighted by atomic mass is 16.3. The van der Waals surface area contributed by atoms with Crippen molar-refractivity contribution in [3.63, 3.8) is 0 Å². The lowest BCUT2D eigenvalue weighted by Gasteiger charge is -2.14. The van der Waals surface area contributed by atoms with Gasteiger partial charge < -0.3 is 15.3 Å². The lowest BCUT2D eigenvalue weighted by molar-refractivity contribution is 0.0950. The molecule has 4 heteroatoms. The summed E-state index contributed by atoms with van der Waals surface area (Å²) in [6.45, 7) is 0.455. The van der Waals surface area contributed by atoms with Gasteiger partial charge in [-0.3, -0.25) is 4.79 Å². The van der Waals surface area contributed by atoms with Gasteiger partial charge in [0.25, 0.3) is 5.91 Å². The van der Waals surface area contributed by atoms with Gasteiger partial charge in [0.15, 0.2) is 0 Å². The van der Waals surface area contributed by atoms with E-state index in [1.807, 2.05) is 43.3 Å². The molecule has 0 saturated heterocycles. The number of nitrogens with zero attached hydrogens (tertiary/aromatic N) is 1. The summed E-state index contributed by atoms with van der Waals surface area (Å²) in [7, 11) is 3.95. The zero-order chi connectivity index (χ0) is 14.5. The maximum Gasteiger partial charge on any atom is 0.251 e. The minimum atomic E-state index is -0.198. The number of benzene rings is 2. The highest BCUT2D eigenvalue weighted by Crippen LogP contribution is 2.14. The minimum absolute atomic E-state index is 0.0901. The van der Waals surface area contributed by atoms with E-state index in [0.29, 0.717) is 12.1 Å². The van der Waals surface area contributed by atoms with Crippen LogP contribution in [0.5, 0.6) is 5.75 Å². The van der Waals surface area contributed by atoms with E-state index in [1.165, 1.54) is 12.1 Å². The van der Waals surface area contributed by atoms with E-state index >= 15 is 0 Å².